The predicted octanol–water partition coefficient (Wildman–Crippen LogP) is 4.80. The van der Waals surface area contributed by atoms with E-state index in [1.165, 1.54) is 23.0 Å². The van der Waals surface area contributed by atoms with E-state index in [1.807, 2.05) is 25.1 Å². The summed E-state index contributed by atoms with van der Waals surface area (Å²) in [4.78, 5) is 0. The summed E-state index contributed by atoms with van der Waals surface area (Å²) < 4.78 is 5.19. The SMILES string of the molecule is CO/C(O)=C(\C)C(C)[P+](c1ccccc1)(c1ccccc1)c1ccccc1. The first-order valence-electron chi connectivity index (χ1n) is 9.11. The van der Waals surface area contributed by atoms with Crippen LogP contribution in [-0.2, 0) is 4.74 Å². The Balaban J connectivity index is 2.40. The van der Waals surface area contributed by atoms with E-state index in [2.05, 4.69) is 79.7 Å². The fourth-order valence-electron chi connectivity index (χ4n) is 3.74. The summed E-state index contributed by atoms with van der Waals surface area (Å²) >= 11 is 0. The Bertz CT molecular complexity index is 793. The van der Waals surface area contributed by atoms with E-state index in [4.69, 9.17) is 4.74 Å². The minimum atomic E-state index is -2.07. The maximum Gasteiger partial charge on any atom is 0.279 e. The number of benzene rings is 3. The fourth-order valence-corrected chi connectivity index (χ4v) is 8.59. The molecule has 0 saturated heterocycles. The van der Waals surface area contributed by atoms with Gasteiger partial charge in [-0.25, -0.2) is 0 Å². The van der Waals surface area contributed by atoms with Crippen LogP contribution in [0.4, 0.5) is 0 Å². The molecular weight excluding hydrogens is 351 g/mol. The van der Waals surface area contributed by atoms with Gasteiger partial charge in [0.05, 0.1) is 7.11 Å². The number of aliphatic hydroxyl groups excluding tert-OH is 1. The molecule has 0 aliphatic carbocycles. The molecule has 0 bridgehead atoms. The molecule has 0 aliphatic rings. The summed E-state index contributed by atoms with van der Waals surface area (Å²) in [6, 6.07) is 32.0. The van der Waals surface area contributed by atoms with E-state index >= 15 is 0 Å². The Kier molecular flexibility index (Phi) is 5.98. The van der Waals surface area contributed by atoms with Gasteiger partial charge in [0.25, 0.3) is 5.95 Å². The van der Waals surface area contributed by atoms with Crippen LogP contribution in [0.5, 0.6) is 0 Å². The minimum absolute atomic E-state index is 0.00895. The van der Waals surface area contributed by atoms with Crippen molar-refractivity contribution in [2.75, 3.05) is 7.11 Å². The third kappa shape index (κ3) is 3.50. The van der Waals surface area contributed by atoms with Gasteiger partial charge < -0.3 is 9.84 Å². The van der Waals surface area contributed by atoms with Crippen LogP contribution in [0.15, 0.2) is 103 Å². The van der Waals surface area contributed by atoms with Crippen LogP contribution in [0.3, 0.4) is 0 Å². The molecule has 0 fully saturated rings. The molecule has 27 heavy (non-hydrogen) atoms. The topological polar surface area (TPSA) is 29.5 Å². The molecule has 1 atom stereocenters. The summed E-state index contributed by atoms with van der Waals surface area (Å²) in [5, 5.41) is 14.2. The monoisotopic (exact) mass is 377 g/mol. The maximum atomic E-state index is 10.4. The van der Waals surface area contributed by atoms with Gasteiger partial charge in [0, 0.05) is 5.57 Å². The van der Waals surface area contributed by atoms with Gasteiger partial charge in [-0.05, 0) is 50.2 Å². The van der Waals surface area contributed by atoms with Crippen molar-refractivity contribution in [1.29, 1.82) is 0 Å². The molecule has 3 aromatic carbocycles. The van der Waals surface area contributed by atoms with E-state index in [0.29, 0.717) is 0 Å². The number of ether oxygens (including phenoxy) is 1. The average molecular weight is 377 g/mol. The first-order chi connectivity index (χ1) is 13.1. The Morgan fingerprint density at radius 1 is 0.741 bits per heavy atom. The number of rotatable bonds is 6. The van der Waals surface area contributed by atoms with Crippen LogP contribution < -0.4 is 15.9 Å². The molecule has 3 aromatic rings. The van der Waals surface area contributed by atoms with Crippen LogP contribution >= 0.6 is 7.26 Å². The smallest absolute Gasteiger partial charge is 0.279 e. The molecule has 0 radical (unpaired) electrons. The van der Waals surface area contributed by atoms with Gasteiger partial charge in [-0.2, -0.15) is 0 Å². The lowest BCUT2D eigenvalue weighted by atomic mass is 10.2. The van der Waals surface area contributed by atoms with Gasteiger partial charge in [-0.3, -0.25) is 0 Å². The second-order valence-electron chi connectivity index (χ2n) is 6.60. The van der Waals surface area contributed by atoms with Crippen molar-refractivity contribution in [2.24, 2.45) is 0 Å². The molecule has 0 heterocycles. The highest BCUT2D eigenvalue weighted by atomic mass is 31.2. The molecule has 0 aliphatic heterocycles. The Labute approximate surface area is 162 Å². The van der Waals surface area contributed by atoms with Crippen molar-refractivity contribution in [3.8, 4) is 0 Å². The molecule has 2 nitrogen and oxygen atoms in total. The van der Waals surface area contributed by atoms with E-state index in [1.54, 1.807) is 0 Å². The second kappa shape index (κ2) is 8.41. The molecule has 3 rings (SSSR count). The van der Waals surface area contributed by atoms with Crippen LogP contribution in [0.25, 0.3) is 0 Å². The van der Waals surface area contributed by atoms with Crippen molar-refractivity contribution in [3.63, 3.8) is 0 Å². The number of aliphatic hydroxyl groups is 1. The third-order valence-corrected chi connectivity index (χ3v) is 10.1. The summed E-state index contributed by atoms with van der Waals surface area (Å²) in [5.41, 5.74) is 0.937. The first kappa shape index (κ1) is 19.2. The summed E-state index contributed by atoms with van der Waals surface area (Å²) in [6.07, 6.45) is 0. The van der Waals surface area contributed by atoms with Crippen LogP contribution in [0.2, 0.25) is 0 Å². The number of allylic oxidation sites excluding steroid dienone is 1. The number of hydrogen-bond acceptors (Lipinski definition) is 2. The second-order valence-corrected chi connectivity index (χ2v) is 10.4. The van der Waals surface area contributed by atoms with Gasteiger partial charge in [-0.1, -0.05) is 54.6 Å². The molecule has 1 unspecified atom stereocenters. The molecule has 1 N–H and O–H groups in total. The zero-order chi connectivity index (χ0) is 19.3. The Morgan fingerprint density at radius 2 is 1.07 bits per heavy atom. The van der Waals surface area contributed by atoms with Gasteiger partial charge in [0.2, 0.25) is 0 Å². The first-order valence-corrected chi connectivity index (χ1v) is 11.0. The zero-order valence-electron chi connectivity index (χ0n) is 16.0. The van der Waals surface area contributed by atoms with E-state index < -0.39 is 7.26 Å². The lowest BCUT2D eigenvalue weighted by Crippen LogP contribution is -2.38. The third-order valence-electron chi connectivity index (χ3n) is 5.23. The van der Waals surface area contributed by atoms with Crippen molar-refractivity contribution in [2.45, 2.75) is 19.5 Å². The van der Waals surface area contributed by atoms with Crippen molar-refractivity contribution in [1.82, 2.24) is 0 Å². The fraction of sp³-hybridized carbons (Fsp3) is 0.167. The highest BCUT2D eigenvalue weighted by Gasteiger charge is 2.51. The molecule has 0 saturated carbocycles. The minimum Gasteiger partial charge on any atom is -0.481 e. The molecular formula is C24H26O2P+. The highest BCUT2D eigenvalue weighted by molar-refractivity contribution is 7.96. The van der Waals surface area contributed by atoms with Gasteiger partial charge >= 0.3 is 0 Å². The zero-order valence-corrected chi connectivity index (χ0v) is 16.9. The normalized spacial score (nSPS) is 13.6. The summed E-state index contributed by atoms with van der Waals surface area (Å²) in [5.74, 6) is 0.00895. The maximum absolute atomic E-state index is 10.4. The van der Waals surface area contributed by atoms with E-state index in [9.17, 15) is 5.11 Å². The summed E-state index contributed by atoms with van der Waals surface area (Å²) in [6.45, 7) is 4.17. The van der Waals surface area contributed by atoms with Crippen molar-refractivity contribution in [3.05, 3.63) is 103 Å². The van der Waals surface area contributed by atoms with Crippen molar-refractivity contribution < 1.29 is 9.84 Å². The van der Waals surface area contributed by atoms with E-state index in [-0.39, 0.29) is 11.6 Å². The quantitative estimate of drug-likeness (QED) is 0.494. The number of methoxy groups -OCH3 is 1. The molecule has 0 spiro atoms. The predicted molar refractivity (Wildman–Crippen MR) is 117 cm³/mol. The standard InChI is InChI=1S/C24H25O2P/c1-19(24(25)26-3)20(2)27(21-13-7-4-8-14-21,22-15-9-5-10-16-22)23-17-11-6-12-18-23/h4-18,20H,1-3H3/p+1/b24-19+. The Hall–Kier alpha value is -2.57. The van der Waals surface area contributed by atoms with Crippen LogP contribution in [0, 0.1) is 0 Å². The van der Waals surface area contributed by atoms with Crippen LogP contribution in [-0.4, -0.2) is 17.9 Å². The van der Waals surface area contributed by atoms with Gasteiger partial charge in [-0.15, -0.1) is 0 Å². The molecule has 138 valence electrons. The van der Waals surface area contributed by atoms with Crippen molar-refractivity contribution >= 4 is 23.2 Å². The van der Waals surface area contributed by atoms with Gasteiger partial charge in [0.15, 0.2) is 0 Å². The highest BCUT2D eigenvalue weighted by Crippen LogP contribution is 2.61. The largest absolute Gasteiger partial charge is 0.481 e. The van der Waals surface area contributed by atoms with Crippen LogP contribution in [0.1, 0.15) is 13.8 Å². The van der Waals surface area contributed by atoms with Gasteiger partial charge in [0.1, 0.15) is 28.8 Å². The molecule has 0 amide bonds. The average Bonchev–Trinajstić information content (AvgIpc) is 2.75. The molecule has 0 aromatic heterocycles. The van der Waals surface area contributed by atoms with E-state index in [0.717, 1.165) is 5.57 Å². The summed E-state index contributed by atoms with van der Waals surface area (Å²) in [7, 11) is -0.552. The lowest BCUT2D eigenvalue weighted by molar-refractivity contribution is 0.130. The lowest BCUT2D eigenvalue weighted by Gasteiger charge is -2.33. The molecule has 3 heteroatoms. The Morgan fingerprint density at radius 3 is 1.37 bits per heavy atom. The number of hydrogen-bond donors (Lipinski definition) is 1.